The number of halogens is 3. The second-order valence-corrected chi connectivity index (χ2v) is 11.0. The molecule has 10 heteroatoms. The highest BCUT2D eigenvalue weighted by molar-refractivity contribution is 5.90. The Kier molecular flexibility index (Phi) is 9.57. The van der Waals surface area contributed by atoms with Gasteiger partial charge in [0.05, 0.1) is 6.04 Å². The van der Waals surface area contributed by atoms with Gasteiger partial charge in [-0.1, -0.05) is 37.5 Å². The van der Waals surface area contributed by atoms with Crippen LogP contribution < -0.4 is 15.4 Å². The fourth-order valence-electron chi connectivity index (χ4n) is 6.33. The SMILES string of the molecule is CN[C@@H](C)C(=O)N[C@H](C(=O)N1CC[C@@H]2CCN(CCc3ccccc3OC(F)(F)F)C[C@H]21)C1CCCCC1. The van der Waals surface area contributed by atoms with Gasteiger partial charge in [0.2, 0.25) is 11.8 Å². The molecule has 2 saturated heterocycles. The predicted octanol–water partition coefficient (Wildman–Crippen LogP) is 3.72. The first-order valence-electron chi connectivity index (χ1n) is 14.0. The monoisotopic (exact) mass is 538 g/mol. The van der Waals surface area contributed by atoms with Crippen molar-refractivity contribution in [1.82, 2.24) is 20.4 Å². The molecule has 4 rings (SSSR count). The Morgan fingerprint density at radius 2 is 1.79 bits per heavy atom. The predicted molar refractivity (Wildman–Crippen MR) is 139 cm³/mol. The number of ether oxygens (including phenoxy) is 1. The smallest absolute Gasteiger partial charge is 0.406 e. The zero-order chi connectivity index (χ0) is 27.3. The van der Waals surface area contributed by atoms with Gasteiger partial charge in [0.15, 0.2) is 0 Å². The molecule has 0 radical (unpaired) electrons. The fraction of sp³-hybridized carbons (Fsp3) is 0.714. The number of carbonyl (C=O) groups is 2. The zero-order valence-electron chi connectivity index (χ0n) is 22.4. The number of hydrogen-bond donors (Lipinski definition) is 2. The van der Waals surface area contributed by atoms with Crippen molar-refractivity contribution >= 4 is 11.8 Å². The number of benzene rings is 1. The third-order valence-corrected chi connectivity index (χ3v) is 8.64. The second-order valence-electron chi connectivity index (χ2n) is 11.0. The Bertz CT molecular complexity index is 954. The summed E-state index contributed by atoms with van der Waals surface area (Å²) in [5.41, 5.74) is 0.519. The minimum absolute atomic E-state index is 0.0202. The first-order chi connectivity index (χ1) is 18.2. The summed E-state index contributed by atoms with van der Waals surface area (Å²) in [4.78, 5) is 31.0. The average molecular weight is 539 g/mol. The van der Waals surface area contributed by atoms with E-state index in [0.717, 1.165) is 45.1 Å². The first-order valence-corrected chi connectivity index (χ1v) is 14.0. The summed E-state index contributed by atoms with van der Waals surface area (Å²) in [6.45, 7) is 4.61. The highest BCUT2D eigenvalue weighted by atomic mass is 19.4. The molecule has 0 aromatic heterocycles. The summed E-state index contributed by atoms with van der Waals surface area (Å²) in [7, 11) is 1.73. The quantitative estimate of drug-likeness (QED) is 0.502. The van der Waals surface area contributed by atoms with Gasteiger partial charge >= 0.3 is 6.36 Å². The van der Waals surface area contributed by atoms with Gasteiger partial charge in [0, 0.05) is 25.7 Å². The number of rotatable bonds is 9. The van der Waals surface area contributed by atoms with Crippen LogP contribution in [0.3, 0.4) is 0 Å². The van der Waals surface area contributed by atoms with E-state index in [0.29, 0.717) is 37.5 Å². The Hall–Kier alpha value is -2.33. The number of nitrogens with zero attached hydrogens (tertiary/aromatic N) is 2. The number of para-hydroxylation sites is 1. The van der Waals surface area contributed by atoms with Crippen molar-refractivity contribution in [3.8, 4) is 5.75 Å². The third-order valence-electron chi connectivity index (χ3n) is 8.64. The van der Waals surface area contributed by atoms with Crippen molar-refractivity contribution in [3.05, 3.63) is 29.8 Å². The highest BCUT2D eigenvalue weighted by Crippen LogP contribution is 2.35. The number of hydrogen-bond acceptors (Lipinski definition) is 5. The number of fused-ring (bicyclic) bond motifs is 1. The maximum atomic E-state index is 14.0. The van der Waals surface area contributed by atoms with Crippen LogP contribution in [0.15, 0.2) is 24.3 Å². The van der Waals surface area contributed by atoms with Crippen molar-refractivity contribution in [3.63, 3.8) is 0 Å². The molecular formula is C28H41F3N4O3. The summed E-state index contributed by atoms with van der Waals surface area (Å²) in [5.74, 6) is 0.265. The number of nitrogens with one attached hydrogen (secondary N) is 2. The molecule has 2 amide bonds. The molecule has 2 N–H and O–H groups in total. The molecule has 4 atom stereocenters. The Morgan fingerprint density at radius 3 is 2.50 bits per heavy atom. The van der Waals surface area contributed by atoms with Crippen molar-refractivity contribution in [2.24, 2.45) is 11.8 Å². The van der Waals surface area contributed by atoms with Gasteiger partial charge in [-0.25, -0.2) is 0 Å². The van der Waals surface area contributed by atoms with Crippen molar-refractivity contribution in [2.75, 3.05) is 33.2 Å². The molecular weight excluding hydrogens is 497 g/mol. The lowest BCUT2D eigenvalue weighted by Crippen LogP contribution is -2.58. The van der Waals surface area contributed by atoms with Crippen LogP contribution in [0.5, 0.6) is 5.75 Å². The Morgan fingerprint density at radius 1 is 1.08 bits per heavy atom. The lowest BCUT2D eigenvalue weighted by atomic mass is 9.83. The van der Waals surface area contributed by atoms with Crippen LogP contribution >= 0.6 is 0 Å². The number of likely N-dealkylation sites (N-methyl/N-ethyl adjacent to an activating group) is 1. The first kappa shape index (κ1) is 28.7. The van der Waals surface area contributed by atoms with Gasteiger partial charge in [-0.3, -0.25) is 9.59 Å². The summed E-state index contributed by atoms with van der Waals surface area (Å²) in [6.07, 6.45) is 2.80. The maximum absolute atomic E-state index is 14.0. The van der Waals surface area contributed by atoms with Crippen molar-refractivity contribution < 1.29 is 27.5 Å². The number of amides is 2. The minimum atomic E-state index is -4.73. The molecule has 2 aliphatic heterocycles. The van der Waals surface area contributed by atoms with Crippen LogP contribution in [0, 0.1) is 11.8 Å². The molecule has 1 aromatic carbocycles. The lowest BCUT2D eigenvalue weighted by molar-refractivity contribution is -0.274. The summed E-state index contributed by atoms with van der Waals surface area (Å²) >= 11 is 0. The largest absolute Gasteiger partial charge is 0.573 e. The van der Waals surface area contributed by atoms with E-state index in [1.54, 1.807) is 26.1 Å². The normalized spacial score (nSPS) is 24.5. The van der Waals surface area contributed by atoms with Crippen molar-refractivity contribution in [1.29, 1.82) is 0 Å². The molecule has 1 aromatic rings. The minimum Gasteiger partial charge on any atom is -0.406 e. The fourth-order valence-corrected chi connectivity index (χ4v) is 6.33. The topological polar surface area (TPSA) is 73.9 Å². The van der Waals surface area contributed by atoms with E-state index in [-0.39, 0.29) is 35.6 Å². The molecule has 2 heterocycles. The van der Waals surface area contributed by atoms with Gasteiger partial charge in [-0.15, -0.1) is 13.2 Å². The number of piperidine rings is 1. The van der Waals surface area contributed by atoms with Crippen LogP contribution in [-0.4, -0.2) is 79.3 Å². The van der Waals surface area contributed by atoms with E-state index in [9.17, 15) is 22.8 Å². The van der Waals surface area contributed by atoms with Crippen LogP contribution in [0.2, 0.25) is 0 Å². The number of alkyl halides is 3. The maximum Gasteiger partial charge on any atom is 0.573 e. The van der Waals surface area contributed by atoms with E-state index < -0.39 is 12.4 Å². The zero-order valence-corrected chi connectivity index (χ0v) is 22.4. The summed E-state index contributed by atoms with van der Waals surface area (Å²) < 4.78 is 42.7. The molecule has 7 nitrogen and oxygen atoms in total. The molecule has 0 bridgehead atoms. The Balaban J connectivity index is 1.42. The molecule has 1 aliphatic carbocycles. The molecule has 1 saturated carbocycles. The summed E-state index contributed by atoms with van der Waals surface area (Å²) in [5, 5.41) is 6.04. The van der Waals surface area contributed by atoms with Gasteiger partial charge in [-0.05, 0) is 76.1 Å². The third kappa shape index (κ3) is 7.20. The lowest BCUT2D eigenvalue weighted by Gasteiger charge is -2.41. The summed E-state index contributed by atoms with van der Waals surface area (Å²) in [6, 6.07) is 5.44. The van der Waals surface area contributed by atoms with Crippen LogP contribution in [-0.2, 0) is 16.0 Å². The van der Waals surface area contributed by atoms with E-state index >= 15 is 0 Å². The van der Waals surface area contributed by atoms with Gasteiger partial charge < -0.3 is 25.2 Å². The molecule has 0 unspecified atom stereocenters. The van der Waals surface area contributed by atoms with Crippen molar-refractivity contribution in [2.45, 2.75) is 82.8 Å². The molecule has 3 aliphatic rings. The van der Waals surface area contributed by atoms with E-state index in [1.165, 1.54) is 18.6 Å². The standard InChI is InChI=1S/C28H41F3N4O3/c1-19(32-2)26(36)33-25(22-9-4-3-5-10-22)27(37)35-17-14-20-12-15-34(18-23(20)35)16-13-21-8-6-7-11-24(21)38-28(29,30)31/h6-8,11,19-20,22-23,25,32H,3-5,9-10,12-18H2,1-2H3,(H,33,36)/t19-,20-,23+,25-/m0/s1. The molecule has 212 valence electrons. The highest BCUT2D eigenvalue weighted by Gasteiger charge is 2.44. The van der Waals surface area contributed by atoms with E-state index in [2.05, 4.69) is 20.3 Å². The number of carbonyl (C=O) groups excluding carboxylic acids is 2. The van der Waals surface area contributed by atoms with E-state index in [1.807, 2.05) is 4.90 Å². The van der Waals surface area contributed by atoms with E-state index in [4.69, 9.17) is 0 Å². The van der Waals surface area contributed by atoms with Gasteiger partial charge in [0.25, 0.3) is 0 Å². The molecule has 0 spiro atoms. The van der Waals surface area contributed by atoms with Crippen LogP contribution in [0.25, 0.3) is 0 Å². The van der Waals surface area contributed by atoms with Gasteiger partial charge in [0.1, 0.15) is 11.8 Å². The van der Waals surface area contributed by atoms with Gasteiger partial charge in [-0.2, -0.15) is 0 Å². The Labute approximate surface area is 223 Å². The molecule has 3 fully saturated rings. The van der Waals surface area contributed by atoms with Crippen LogP contribution in [0.1, 0.15) is 57.4 Å². The average Bonchev–Trinajstić information content (AvgIpc) is 3.33. The number of likely N-dealkylation sites (tertiary alicyclic amines) is 2. The second kappa shape index (κ2) is 12.7. The van der Waals surface area contributed by atoms with Crippen LogP contribution in [0.4, 0.5) is 13.2 Å². The molecule has 38 heavy (non-hydrogen) atoms.